The Bertz CT molecular complexity index is 898. The normalized spacial score (nSPS) is 12.9. The summed E-state index contributed by atoms with van der Waals surface area (Å²) in [5.41, 5.74) is 1.23. The fraction of sp³-hybridized carbons (Fsp3) is 0.250. The molecule has 1 fully saturated rings. The highest BCUT2D eigenvalue weighted by atomic mass is 35.5. The lowest BCUT2D eigenvalue weighted by molar-refractivity contribution is -0.116. The molecule has 6 nitrogen and oxygen atoms in total. The maximum absolute atomic E-state index is 13.0. The Morgan fingerprint density at radius 1 is 1.04 bits per heavy atom. The summed E-state index contributed by atoms with van der Waals surface area (Å²) in [6.45, 7) is 0.0975. The first-order chi connectivity index (χ1) is 13.4. The highest BCUT2D eigenvalue weighted by Gasteiger charge is 2.23. The Kier molecular flexibility index (Phi) is 6.26. The molecule has 28 heavy (non-hydrogen) atoms. The lowest BCUT2D eigenvalue weighted by Gasteiger charge is -2.09. The molecular weight excluding hydrogens is 385 g/mol. The second-order valence-corrected chi connectivity index (χ2v) is 6.91. The minimum Gasteiger partial charge on any atom is -0.351 e. The van der Waals surface area contributed by atoms with E-state index in [1.54, 1.807) is 24.3 Å². The van der Waals surface area contributed by atoms with Crippen molar-refractivity contribution in [3.05, 3.63) is 64.4 Å². The molecule has 3 N–H and O–H groups in total. The third-order valence-corrected chi connectivity index (χ3v) is 4.47. The van der Waals surface area contributed by atoms with Gasteiger partial charge in [0.25, 0.3) is 11.8 Å². The lowest BCUT2D eigenvalue weighted by Crippen LogP contribution is -2.28. The number of anilines is 1. The molecular formula is C20H19ClFN3O3. The number of carbonyl (C=O) groups excluding carboxylic acids is 3. The SMILES string of the molecule is O=C(CCNC(=O)c1ccc(F)cc1Cl)Nc1ccc(C(=O)NC2CC2)cc1. The van der Waals surface area contributed by atoms with Gasteiger partial charge in [-0.1, -0.05) is 11.6 Å². The molecule has 0 radical (unpaired) electrons. The maximum atomic E-state index is 13.0. The van der Waals surface area contributed by atoms with Gasteiger partial charge in [0.05, 0.1) is 10.6 Å². The number of carbonyl (C=O) groups is 3. The Morgan fingerprint density at radius 2 is 1.75 bits per heavy atom. The van der Waals surface area contributed by atoms with Crippen LogP contribution in [0.25, 0.3) is 0 Å². The van der Waals surface area contributed by atoms with Crippen molar-refractivity contribution in [1.29, 1.82) is 0 Å². The minimum atomic E-state index is -0.531. The largest absolute Gasteiger partial charge is 0.351 e. The molecule has 0 atom stereocenters. The van der Waals surface area contributed by atoms with E-state index in [0.29, 0.717) is 11.3 Å². The van der Waals surface area contributed by atoms with Gasteiger partial charge < -0.3 is 16.0 Å². The predicted molar refractivity (Wildman–Crippen MR) is 104 cm³/mol. The van der Waals surface area contributed by atoms with Crippen molar-refractivity contribution in [2.45, 2.75) is 25.3 Å². The van der Waals surface area contributed by atoms with Gasteiger partial charge in [0.15, 0.2) is 0 Å². The average molecular weight is 404 g/mol. The maximum Gasteiger partial charge on any atom is 0.252 e. The molecule has 0 saturated heterocycles. The van der Waals surface area contributed by atoms with Crippen molar-refractivity contribution >= 4 is 35.0 Å². The van der Waals surface area contributed by atoms with Gasteiger partial charge in [0.2, 0.25) is 5.91 Å². The van der Waals surface area contributed by atoms with Crippen LogP contribution in [0.1, 0.15) is 40.0 Å². The Balaban J connectivity index is 1.43. The van der Waals surface area contributed by atoms with Crippen LogP contribution in [-0.4, -0.2) is 30.3 Å². The van der Waals surface area contributed by atoms with Crippen LogP contribution in [0.15, 0.2) is 42.5 Å². The lowest BCUT2D eigenvalue weighted by atomic mass is 10.2. The minimum absolute atomic E-state index is 0.00719. The second kappa shape index (κ2) is 8.84. The summed E-state index contributed by atoms with van der Waals surface area (Å²) in [5.74, 6) is -1.43. The summed E-state index contributed by atoms with van der Waals surface area (Å²) in [6, 6.07) is 10.4. The quantitative estimate of drug-likeness (QED) is 0.663. The molecule has 1 saturated carbocycles. The highest BCUT2D eigenvalue weighted by Crippen LogP contribution is 2.20. The summed E-state index contributed by atoms with van der Waals surface area (Å²) in [5, 5.41) is 8.16. The molecule has 0 heterocycles. The monoisotopic (exact) mass is 403 g/mol. The van der Waals surface area contributed by atoms with E-state index in [4.69, 9.17) is 11.6 Å². The summed E-state index contributed by atoms with van der Waals surface area (Å²) < 4.78 is 13.0. The van der Waals surface area contributed by atoms with Crippen LogP contribution >= 0.6 is 11.6 Å². The molecule has 146 valence electrons. The first-order valence-corrected chi connectivity index (χ1v) is 9.24. The first-order valence-electron chi connectivity index (χ1n) is 8.86. The van der Waals surface area contributed by atoms with Gasteiger partial charge in [0.1, 0.15) is 5.82 Å². The fourth-order valence-corrected chi connectivity index (χ4v) is 2.74. The van der Waals surface area contributed by atoms with E-state index in [1.807, 2.05) is 0 Å². The summed E-state index contributed by atoms with van der Waals surface area (Å²) in [4.78, 5) is 35.9. The molecule has 0 bridgehead atoms. The van der Waals surface area contributed by atoms with E-state index in [-0.39, 0.29) is 41.4 Å². The molecule has 3 rings (SSSR count). The molecule has 2 aromatic rings. The standard InChI is InChI=1S/C20H19ClFN3O3/c21-17-11-13(22)3-8-16(17)20(28)23-10-9-18(26)24-14-4-1-12(2-5-14)19(27)25-15-6-7-15/h1-5,8,11,15H,6-7,9-10H2,(H,23,28)(H,24,26)(H,25,27). The van der Waals surface area contributed by atoms with E-state index in [9.17, 15) is 18.8 Å². The van der Waals surface area contributed by atoms with Crippen LogP contribution in [-0.2, 0) is 4.79 Å². The molecule has 0 aromatic heterocycles. The third-order valence-electron chi connectivity index (χ3n) is 4.16. The zero-order chi connectivity index (χ0) is 20.1. The van der Waals surface area contributed by atoms with Gasteiger partial charge in [-0.3, -0.25) is 14.4 Å². The molecule has 0 unspecified atom stereocenters. The molecule has 0 spiro atoms. The van der Waals surface area contributed by atoms with E-state index < -0.39 is 11.7 Å². The van der Waals surface area contributed by atoms with Crippen molar-refractivity contribution in [2.24, 2.45) is 0 Å². The van der Waals surface area contributed by atoms with Crippen LogP contribution in [0.3, 0.4) is 0 Å². The van der Waals surface area contributed by atoms with Crippen molar-refractivity contribution in [1.82, 2.24) is 10.6 Å². The van der Waals surface area contributed by atoms with Crippen LogP contribution in [0.4, 0.5) is 10.1 Å². The van der Waals surface area contributed by atoms with E-state index >= 15 is 0 Å². The predicted octanol–water partition coefficient (Wildman–Crippen LogP) is 3.13. The van der Waals surface area contributed by atoms with Crippen LogP contribution in [0.5, 0.6) is 0 Å². The number of halogens is 2. The van der Waals surface area contributed by atoms with Gasteiger partial charge in [-0.15, -0.1) is 0 Å². The third kappa shape index (κ3) is 5.53. The number of benzene rings is 2. The first kappa shape index (κ1) is 19.8. The van der Waals surface area contributed by atoms with Gasteiger partial charge in [0, 0.05) is 30.3 Å². The molecule has 1 aliphatic rings. The van der Waals surface area contributed by atoms with Gasteiger partial charge in [-0.05, 0) is 55.3 Å². The smallest absolute Gasteiger partial charge is 0.252 e. The zero-order valence-corrected chi connectivity index (χ0v) is 15.7. The zero-order valence-electron chi connectivity index (χ0n) is 14.9. The number of nitrogens with one attached hydrogen (secondary N) is 3. The van der Waals surface area contributed by atoms with E-state index in [2.05, 4.69) is 16.0 Å². The van der Waals surface area contributed by atoms with E-state index in [0.717, 1.165) is 25.0 Å². The summed E-state index contributed by atoms with van der Waals surface area (Å²) in [6.07, 6.45) is 2.09. The van der Waals surface area contributed by atoms with Crippen molar-refractivity contribution in [3.63, 3.8) is 0 Å². The number of hydrogen-bond acceptors (Lipinski definition) is 3. The van der Waals surface area contributed by atoms with Gasteiger partial charge in [-0.2, -0.15) is 0 Å². The summed E-state index contributed by atoms with van der Waals surface area (Å²) >= 11 is 5.83. The van der Waals surface area contributed by atoms with Gasteiger partial charge >= 0.3 is 0 Å². The van der Waals surface area contributed by atoms with Crippen molar-refractivity contribution < 1.29 is 18.8 Å². The van der Waals surface area contributed by atoms with E-state index in [1.165, 1.54) is 6.07 Å². The highest BCUT2D eigenvalue weighted by molar-refractivity contribution is 6.33. The van der Waals surface area contributed by atoms with Crippen LogP contribution in [0.2, 0.25) is 5.02 Å². The summed E-state index contributed by atoms with van der Waals surface area (Å²) in [7, 11) is 0. The number of amides is 3. The van der Waals surface area contributed by atoms with Crippen LogP contribution in [0, 0.1) is 5.82 Å². The molecule has 0 aliphatic heterocycles. The molecule has 1 aliphatic carbocycles. The van der Waals surface area contributed by atoms with Crippen LogP contribution < -0.4 is 16.0 Å². The Morgan fingerprint density at radius 3 is 2.39 bits per heavy atom. The topological polar surface area (TPSA) is 87.3 Å². The molecule has 3 amide bonds. The Hall–Kier alpha value is -2.93. The fourth-order valence-electron chi connectivity index (χ4n) is 2.48. The molecule has 8 heteroatoms. The number of rotatable bonds is 7. The van der Waals surface area contributed by atoms with Crippen molar-refractivity contribution in [3.8, 4) is 0 Å². The molecule has 2 aromatic carbocycles. The number of hydrogen-bond donors (Lipinski definition) is 3. The Labute approximate surface area is 166 Å². The van der Waals surface area contributed by atoms with Gasteiger partial charge in [-0.25, -0.2) is 4.39 Å². The average Bonchev–Trinajstić information content (AvgIpc) is 3.46. The second-order valence-electron chi connectivity index (χ2n) is 6.50. The van der Waals surface area contributed by atoms with Crippen molar-refractivity contribution in [2.75, 3.05) is 11.9 Å².